The van der Waals surface area contributed by atoms with Gasteiger partial charge in [0.05, 0.1) is 32.1 Å². The fraction of sp³-hybridized carbons (Fsp3) is 0.286. The number of nitrogens with zero attached hydrogens (tertiary/aromatic N) is 3. The Balaban J connectivity index is 2.32. The second-order valence-corrected chi connectivity index (χ2v) is 4.97. The number of nitro groups is 1. The van der Waals surface area contributed by atoms with Crippen LogP contribution in [-0.2, 0) is 0 Å². The number of rotatable bonds is 6. The fourth-order valence-electron chi connectivity index (χ4n) is 1.87. The van der Waals surface area contributed by atoms with Gasteiger partial charge in [-0.25, -0.2) is 0 Å². The lowest BCUT2D eigenvalue weighted by Gasteiger charge is -2.07. The van der Waals surface area contributed by atoms with Crippen molar-refractivity contribution in [1.82, 2.24) is 4.98 Å². The smallest absolute Gasteiger partial charge is 0.282 e. The van der Waals surface area contributed by atoms with E-state index in [0.717, 1.165) is 6.54 Å². The first-order valence-electron chi connectivity index (χ1n) is 6.70. The van der Waals surface area contributed by atoms with Gasteiger partial charge < -0.3 is 14.6 Å². The molecule has 2 rings (SSSR count). The molecule has 0 amide bonds. The lowest BCUT2D eigenvalue weighted by molar-refractivity contribution is -0.856. The number of nitro benzene ring substituents is 1. The summed E-state index contributed by atoms with van der Waals surface area (Å²) in [6, 6.07) is 8.06. The van der Waals surface area contributed by atoms with Gasteiger partial charge in [-0.1, -0.05) is 12.1 Å². The zero-order chi connectivity index (χ0) is 16.1. The zero-order valence-corrected chi connectivity index (χ0v) is 12.3. The molecule has 0 radical (unpaired) electrons. The van der Waals surface area contributed by atoms with Gasteiger partial charge in [-0.3, -0.25) is 10.1 Å². The molecule has 0 aliphatic carbocycles. The van der Waals surface area contributed by atoms with Crippen LogP contribution in [0.2, 0.25) is 0 Å². The second kappa shape index (κ2) is 6.69. The Kier molecular flexibility index (Phi) is 4.70. The summed E-state index contributed by atoms with van der Waals surface area (Å²) in [6.45, 7) is 1.43. The number of aromatic nitrogens is 1. The highest BCUT2D eigenvalue weighted by molar-refractivity contribution is 5.68. The standard InChI is InChI=1S/C14H15N5O3/c1-18(2)8-7-16-14-11(9-15)17-13(22-14)10-5-3-4-6-12(10)19(20)21/h3-6,16H,7-8H2,1-2H3/p+1. The lowest BCUT2D eigenvalue weighted by atomic mass is 10.2. The minimum atomic E-state index is -0.506. The van der Waals surface area contributed by atoms with Crippen molar-refractivity contribution in [2.75, 3.05) is 32.5 Å². The third kappa shape index (κ3) is 3.39. The van der Waals surface area contributed by atoms with Gasteiger partial charge >= 0.3 is 0 Å². The van der Waals surface area contributed by atoms with Crippen LogP contribution >= 0.6 is 0 Å². The van der Waals surface area contributed by atoms with Crippen LogP contribution in [0.3, 0.4) is 0 Å². The third-order valence-electron chi connectivity index (χ3n) is 2.97. The molecule has 0 unspecified atom stereocenters. The third-order valence-corrected chi connectivity index (χ3v) is 2.97. The molecule has 114 valence electrons. The molecule has 0 spiro atoms. The quantitative estimate of drug-likeness (QED) is 0.600. The maximum absolute atomic E-state index is 11.1. The Labute approximate surface area is 127 Å². The van der Waals surface area contributed by atoms with E-state index in [1.54, 1.807) is 18.2 Å². The molecule has 0 fully saturated rings. The number of para-hydroxylation sites is 1. The van der Waals surface area contributed by atoms with E-state index in [2.05, 4.69) is 10.3 Å². The molecule has 0 saturated carbocycles. The molecule has 2 aromatic rings. The van der Waals surface area contributed by atoms with Gasteiger partial charge in [0.1, 0.15) is 11.6 Å². The molecule has 1 aromatic heterocycles. The van der Waals surface area contributed by atoms with E-state index in [-0.39, 0.29) is 28.7 Å². The van der Waals surface area contributed by atoms with Crippen molar-refractivity contribution in [2.24, 2.45) is 0 Å². The van der Waals surface area contributed by atoms with E-state index in [1.165, 1.54) is 11.0 Å². The van der Waals surface area contributed by atoms with E-state index in [0.29, 0.717) is 6.54 Å². The first-order valence-corrected chi connectivity index (χ1v) is 6.70. The van der Waals surface area contributed by atoms with Crippen LogP contribution in [0.4, 0.5) is 11.6 Å². The Morgan fingerprint density at radius 2 is 2.18 bits per heavy atom. The van der Waals surface area contributed by atoms with Crippen LogP contribution in [0, 0.1) is 21.4 Å². The monoisotopic (exact) mass is 302 g/mol. The molecule has 2 N–H and O–H groups in total. The van der Waals surface area contributed by atoms with Crippen LogP contribution in [0.25, 0.3) is 11.5 Å². The molecule has 8 heteroatoms. The first-order chi connectivity index (χ1) is 10.5. The molecular weight excluding hydrogens is 286 g/mol. The van der Waals surface area contributed by atoms with Crippen LogP contribution in [-0.4, -0.2) is 37.1 Å². The van der Waals surface area contributed by atoms with E-state index in [1.807, 2.05) is 20.2 Å². The molecule has 1 heterocycles. The molecule has 0 atom stereocenters. The van der Waals surface area contributed by atoms with Crippen molar-refractivity contribution < 1.29 is 14.2 Å². The van der Waals surface area contributed by atoms with Gasteiger partial charge in [0.25, 0.3) is 5.69 Å². The number of likely N-dealkylation sites (N-methyl/N-ethyl adjacent to an activating group) is 1. The topological polar surface area (TPSA) is 109 Å². The maximum atomic E-state index is 11.1. The Morgan fingerprint density at radius 1 is 1.45 bits per heavy atom. The number of hydrogen-bond donors (Lipinski definition) is 2. The minimum Gasteiger partial charge on any atom is -0.419 e. The zero-order valence-electron chi connectivity index (χ0n) is 12.3. The average Bonchev–Trinajstić information content (AvgIpc) is 2.90. The molecule has 8 nitrogen and oxygen atoms in total. The number of hydrogen-bond acceptors (Lipinski definition) is 6. The highest BCUT2D eigenvalue weighted by Gasteiger charge is 2.21. The Morgan fingerprint density at radius 3 is 2.82 bits per heavy atom. The van der Waals surface area contributed by atoms with Crippen molar-refractivity contribution >= 4 is 11.6 Å². The molecule has 0 bridgehead atoms. The number of nitrogens with one attached hydrogen (secondary N) is 2. The normalized spacial score (nSPS) is 10.5. The van der Waals surface area contributed by atoms with Crippen molar-refractivity contribution in [3.8, 4) is 17.5 Å². The number of benzene rings is 1. The van der Waals surface area contributed by atoms with Crippen molar-refractivity contribution in [3.63, 3.8) is 0 Å². The van der Waals surface area contributed by atoms with Crippen LogP contribution < -0.4 is 10.2 Å². The van der Waals surface area contributed by atoms with Crippen LogP contribution in [0.5, 0.6) is 0 Å². The molecular formula is C14H16N5O3+. The van der Waals surface area contributed by atoms with Crippen molar-refractivity contribution in [3.05, 3.63) is 40.1 Å². The number of nitriles is 1. The fourth-order valence-corrected chi connectivity index (χ4v) is 1.87. The van der Waals surface area contributed by atoms with Crippen LogP contribution in [0.15, 0.2) is 28.7 Å². The molecule has 1 aromatic carbocycles. The van der Waals surface area contributed by atoms with E-state index >= 15 is 0 Å². The summed E-state index contributed by atoms with van der Waals surface area (Å²) in [5.41, 5.74) is 0.217. The van der Waals surface area contributed by atoms with Gasteiger partial charge in [0, 0.05) is 6.07 Å². The number of anilines is 1. The van der Waals surface area contributed by atoms with Gasteiger partial charge in [-0.05, 0) is 6.07 Å². The number of oxazole rings is 1. The van der Waals surface area contributed by atoms with Crippen LogP contribution in [0.1, 0.15) is 5.69 Å². The van der Waals surface area contributed by atoms with Crippen molar-refractivity contribution in [1.29, 1.82) is 5.26 Å². The minimum absolute atomic E-state index is 0.0588. The van der Waals surface area contributed by atoms with Crippen molar-refractivity contribution in [2.45, 2.75) is 0 Å². The van der Waals surface area contributed by atoms with Gasteiger partial charge in [-0.15, -0.1) is 0 Å². The molecule has 0 saturated heterocycles. The lowest BCUT2D eigenvalue weighted by Crippen LogP contribution is -3.06. The van der Waals surface area contributed by atoms with E-state index in [4.69, 9.17) is 9.68 Å². The molecule has 22 heavy (non-hydrogen) atoms. The predicted molar refractivity (Wildman–Crippen MR) is 79.5 cm³/mol. The van der Waals surface area contributed by atoms with E-state index < -0.39 is 4.92 Å². The summed E-state index contributed by atoms with van der Waals surface area (Å²) in [4.78, 5) is 15.8. The van der Waals surface area contributed by atoms with Gasteiger partial charge in [0.15, 0.2) is 0 Å². The summed E-state index contributed by atoms with van der Waals surface area (Å²) < 4.78 is 5.51. The first kappa shape index (κ1) is 15.5. The highest BCUT2D eigenvalue weighted by Crippen LogP contribution is 2.31. The maximum Gasteiger partial charge on any atom is 0.282 e. The molecule has 0 aliphatic heterocycles. The summed E-state index contributed by atoms with van der Waals surface area (Å²) in [5, 5.41) is 23.2. The summed E-state index contributed by atoms with van der Waals surface area (Å²) in [7, 11) is 4.01. The SMILES string of the molecule is C[NH+](C)CCNc1oc(-c2ccccc2[N+](=O)[O-])nc1C#N. The van der Waals surface area contributed by atoms with E-state index in [9.17, 15) is 10.1 Å². The largest absolute Gasteiger partial charge is 0.419 e. The Bertz CT molecular complexity index is 718. The van der Waals surface area contributed by atoms with Gasteiger partial charge in [-0.2, -0.15) is 10.2 Å². The summed E-state index contributed by atoms with van der Waals surface area (Å²) in [5.74, 6) is 0.292. The number of quaternary nitrogens is 1. The predicted octanol–water partition coefficient (Wildman–Crippen LogP) is 0.678. The second-order valence-electron chi connectivity index (χ2n) is 4.97. The average molecular weight is 302 g/mol. The highest BCUT2D eigenvalue weighted by atomic mass is 16.6. The Hall–Kier alpha value is -2.92. The summed E-state index contributed by atoms with van der Waals surface area (Å²) >= 11 is 0. The van der Waals surface area contributed by atoms with Gasteiger partial charge in [0.2, 0.25) is 17.5 Å². The molecule has 0 aliphatic rings. The summed E-state index contributed by atoms with van der Waals surface area (Å²) in [6.07, 6.45) is 0.